The number of rotatable bonds is 4. The van der Waals surface area contributed by atoms with Gasteiger partial charge in [0, 0.05) is 24.7 Å². The van der Waals surface area contributed by atoms with Crippen molar-refractivity contribution in [2.24, 2.45) is 0 Å². The predicted octanol–water partition coefficient (Wildman–Crippen LogP) is 0.950. The molecule has 0 unspecified atom stereocenters. The molecule has 1 heterocycles. The first-order valence-electron chi connectivity index (χ1n) is 6.79. The molecule has 1 N–H and O–H groups in total. The van der Waals surface area contributed by atoms with Gasteiger partial charge in [-0.2, -0.15) is 8.42 Å². The Bertz CT molecular complexity index is 674. The van der Waals surface area contributed by atoms with Crippen molar-refractivity contribution in [3.63, 3.8) is 0 Å². The van der Waals surface area contributed by atoms with Crippen molar-refractivity contribution < 1.29 is 26.1 Å². The van der Waals surface area contributed by atoms with Gasteiger partial charge in [-0.05, 0) is 24.3 Å². The van der Waals surface area contributed by atoms with Crippen LogP contribution < -0.4 is 0 Å². The summed E-state index contributed by atoms with van der Waals surface area (Å²) >= 11 is 5.74. The number of hydrogen-bond donors (Lipinski definition) is 1. The number of benzene rings is 1. The molecule has 23 heavy (non-hydrogen) atoms. The van der Waals surface area contributed by atoms with Gasteiger partial charge in [-0.3, -0.25) is 9.45 Å². The van der Waals surface area contributed by atoms with E-state index in [1.165, 1.54) is 0 Å². The molecule has 1 aromatic rings. The lowest BCUT2D eigenvalue weighted by Crippen LogP contribution is -2.39. The van der Waals surface area contributed by atoms with Gasteiger partial charge in [0.15, 0.2) is 9.84 Å². The van der Waals surface area contributed by atoms with Crippen LogP contribution in [0.2, 0.25) is 5.02 Å². The maximum absolute atomic E-state index is 12.1. The van der Waals surface area contributed by atoms with Gasteiger partial charge in [-0.25, -0.2) is 8.42 Å². The Balaban J connectivity index is 0.000000463. The van der Waals surface area contributed by atoms with Crippen LogP contribution >= 0.6 is 11.6 Å². The minimum absolute atomic E-state index is 0.134. The van der Waals surface area contributed by atoms with E-state index in [1.807, 2.05) is 0 Å². The summed E-state index contributed by atoms with van der Waals surface area (Å²) in [6.45, 7) is 3.52. The van der Waals surface area contributed by atoms with Crippen molar-refractivity contribution in [1.29, 1.82) is 0 Å². The Kier molecular flexibility index (Phi) is 7.91. The molecule has 10 heteroatoms. The summed E-state index contributed by atoms with van der Waals surface area (Å²) in [4.78, 5) is 2.44. The lowest BCUT2D eigenvalue weighted by Gasteiger charge is -2.26. The zero-order valence-electron chi connectivity index (χ0n) is 12.7. The topological polar surface area (TPSA) is 101 Å². The smallest absolute Gasteiger partial charge is 0.261 e. The largest absolute Gasteiger partial charge is 0.379 e. The van der Waals surface area contributed by atoms with E-state index in [-0.39, 0.29) is 5.75 Å². The third-order valence-electron chi connectivity index (χ3n) is 2.95. The van der Waals surface area contributed by atoms with Crippen LogP contribution in [0.1, 0.15) is 0 Å². The summed E-state index contributed by atoms with van der Waals surface area (Å²) in [6.07, 6.45) is 0.715. The average Bonchev–Trinajstić information content (AvgIpc) is 2.45. The summed E-state index contributed by atoms with van der Waals surface area (Å²) in [5, 5.41) is 0.544. The molecule has 1 aliphatic heterocycles. The second-order valence-corrected chi connectivity index (χ2v) is 8.97. The summed E-state index contributed by atoms with van der Waals surface area (Å²) < 4.78 is 55.3. The zero-order valence-corrected chi connectivity index (χ0v) is 15.1. The van der Waals surface area contributed by atoms with E-state index in [1.54, 1.807) is 24.3 Å². The molecule has 1 saturated heterocycles. The lowest BCUT2D eigenvalue weighted by molar-refractivity contribution is 0.0408. The molecule has 0 aliphatic carbocycles. The molecule has 1 aromatic carbocycles. The van der Waals surface area contributed by atoms with Crippen LogP contribution in [0.4, 0.5) is 0 Å². The van der Waals surface area contributed by atoms with E-state index in [4.69, 9.17) is 20.9 Å². The van der Waals surface area contributed by atoms with Crippen molar-refractivity contribution in [1.82, 2.24) is 4.90 Å². The van der Waals surface area contributed by atoms with E-state index in [9.17, 15) is 16.8 Å². The number of hydrogen-bond acceptors (Lipinski definition) is 6. The maximum Gasteiger partial charge on any atom is 0.261 e. The van der Waals surface area contributed by atoms with Crippen LogP contribution in [-0.2, 0) is 24.7 Å². The van der Waals surface area contributed by atoms with Crippen LogP contribution in [0.15, 0.2) is 29.2 Å². The molecular weight excluding hydrogens is 366 g/mol. The molecule has 0 saturated carbocycles. The van der Waals surface area contributed by atoms with Gasteiger partial charge in [0.1, 0.15) is 0 Å². The second-order valence-electron chi connectivity index (χ2n) is 4.96. The van der Waals surface area contributed by atoms with E-state index in [2.05, 4.69) is 4.90 Å². The highest BCUT2D eigenvalue weighted by Crippen LogP contribution is 2.15. The Morgan fingerprint density at radius 3 is 2.09 bits per heavy atom. The number of nitrogens with zero attached hydrogens (tertiary/aromatic N) is 1. The molecule has 2 rings (SSSR count). The first kappa shape index (κ1) is 20.3. The monoisotopic (exact) mass is 385 g/mol. The highest BCUT2D eigenvalue weighted by atomic mass is 35.5. The fourth-order valence-electron chi connectivity index (χ4n) is 1.83. The van der Waals surface area contributed by atoms with Gasteiger partial charge >= 0.3 is 0 Å². The van der Waals surface area contributed by atoms with Crippen molar-refractivity contribution in [2.45, 2.75) is 4.90 Å². The average molecular weight is 386 g/mol. The van der Waals surface area contributed by atoms with Gasteiger partial charge in [-0.15, -0.1) is 0 Å². The molecule has 0 atom stereocenters. The van der Waals surface area contributed by atoms with E-state index >= 15 is 0 Å². The molecule has 1 aliphatic rings. The van der Waals surface area contributed by atoms with E-state index in [0.29, 0.717) is 35.9 Å². The van der Waals surface area contributed by atoms with Crippen LogP contribution in [-0.4, -0.2) is 71.1 Å². The van der Waals surface area contributed by atoms with Crippen molar-refractivity contribution in [3.05, 3.63) is 29.3 Å². The molecule has 0 amide bonds. The van der Waals surface area contributed by atoms with Gasteiger partial charge in [0.05, 0.1) is 30.1 Å². The van der Waals surface area contributed by atoms with Gasteiger partial charge in [-0.1, -0.05) is 11.6 Å². The molecule has 0 spiro atoms. The standard InChI is InChI=1S/C12H16ClNO3S.CH4O3S/c13-11-1-3-12(4-2-11)18(15,16)10-7-14-5-8-17-9-6-14;1-5(2,3)4/h1-4H,5-10H2;1H3,(H,2,3,4). The number of ether oxygens (including phenoxy) is 1. The van der Waals surface area contributed by atoms with Gasteiger partial charge in [0.2, 0.25) is 0 Å². The van der Waals surface area contributed by atoms with Crippen LogP contribution in [0.5, 0.6) is 0 Å². The quantitative estimate of drug-likeness (QED) is 0.770. The second kappa shape index (κ2) is 8.95. The molecule has 0 aromatic heterocycles. The van der Waals surface area contributed by atoms with E-state index < -0.39 is 20.0 Å². The number of halogens is 1. The number of sulfone groups is 1. The third kappa shape index (κ3) is 9.23. The molecule has 0 radical (unpaired) electrons. The normalized spacial score (nSPS) is 16.5. The van der Waals surface area contributed by atoms with Crippen molar-refractivity contribution >= 4 is 31.6 Å². The zero-order chi connectivity index (χ0) is 17.5. The summed E-state index contributed by atoms with van der Waals surface area (Å²) in [6, 6.07) is 6.31. The van der Waals surface area contributed by atoms with Crippen LogP contribution in [0, 0.1) is 0 Å². The Morgan fingerprint density at radius 1 is 1.13 bits per heavy atom. The molecule has 7 nitrogen and oxygen atoms in total. The Labute approximate surface area is 141 Å². The maximum atomic E-state index is 12.1. The summed E-state index contributed by atoms with van der Waals surface area (Å²) in [5.74, 6) is 0.134. The lowest BCUT2D eigenvalue weighted by atomic mass is 10.4. The van der Waals surface area contributed by atoms with Gasteiger partial charge in [0.25, 0.3) is 10.1 Å². The summed E-state index contributed by atoms with van der Waals surface area (Å²) in [5.41, 5.74) is 0. The number of morpholine rings is 1. The minimum Gasteiger partial charge on any atom is -0.379 e. The van der Waals surface area contributed by atoms with Crippen LogP contribution in [0.25, 0.3) is 0 Å². The third-order valence-corrected chi connectivity index (χ3v) is 4.92. The van der Waals surface area contributed by atoms with Crippen LogP contribution in [0.3, 0.4) is 0 Å². The fourth-order valence-corrected chi connectivity index (χ4v) is 3.24. The minimum atomic E-state index is -3.67. The highest BCUT2D eigenvalue weighted by molar-refractivity contribution is 7.91. The molecule has 1 fully saturated rings. The van der Waals surface area contributed by atoms with Crippen molar-refractivity contribution in [2.75, 3.05) is 44.9 Å². The van der Waals surface area contributed by atoms with E-state index in [0.717, 1.165) is 13.1 Å². The first-order chi connectivity index (χ1) is 10.6. The molecule has 0 bridgehead atoms. The molecule has 132 valence electrons. The fraction of sp³-hybridized carbons (Fsp3) is 0.538. The summed E-state index contributed by atoms with van der Waals surface area (Å²) in [7, 11) is -6.88. The Hall–Kier alpha value is -0.710. The highest BCUT2D eigenvalue weighted by Gasteiger charge is 2.17. The Morgan fingerprint density at radius 2 is 1.61 bits per heavy atom. The van der Waals surface area contributed by atoms with Crippen molar-refractivity contribution in [3.8, 4) is 0 Å². The predicted molar refractivity (Wildman–Crippen MR) is 88.2 cm³/mol. The SMILES string of the molecule is CS(=O)(=O)O.O=S(=O)(CCN1CCOCC1)c1ccc(Cl)cc1. The molecular formula is C13H20ClNO6S2. The first-order valence-corrected chi connectivity index (χ1v) is 10.7. The van der Waals surface area contributed by atoms with Gasteiger partial charge < -0.3 is 4.74 Å².